The highest BCUT2D eigenvalue weighted by Crippen LogP contribution is 2.30. The molecule has 25 heavy (non-hydrogen) atoms. The first-order valence-electron chi connectivity index (χ1n) is 9.02. The molecule has 0 radical (unpaired) electrons. The van der Waals surface area contributed by atoms with Gasteiger partial charge in [0.1, 0.15) is 17.6 Å². The molecular formula is C20H23N5. The fraction of sp³-hybridized carbons (Fsp3) is 0.400. The Bertz CT molecular complexity index is 770. The maximum atomic E-state index is 8.97. The van der Waals surface area contributed by atoms with E-state index in [2.05, 4.69) is 44.4 Å². The van der Waals surface area contributed by atoms with E-state index in [1.54, 1.807) is 6.07 Å². The lowest BCUT2D eigenvalue weighted by atomic mass is 10.2. The van der Waals surface area contributed by atoms with Crippen molar-refractivity contribution in [3.63, 3.8) is 0 Å². The first-order valence-corrected chi connectivity index (χ1v) is 9.02. The average molecular weight is 333 g/mol. The Morgan fingerprint density at radius 3 is 2.64 bits per heavy atom. The first-order chi connectivity index (χ1) is 12.3. The molecule has 1 aromatic heterocycles. The Balaban J connectivity index is 1.40. The highest BCUT2D eigenvalue weighted by Gasteiger charge is 2.26. The number of nitrogens with zero attached hydrogens (tertiary/aromatic N) is 4. The van der Waals surface area contributed by atoms with Crippen LogP contribution in [0.1, 0.15) is 18.5 Å². The normalized spacial score (nSPS) is 18.0. The largest absolute Gasteiger partial charge is 0.369 e. The molecule has 2 fully saturated rings. The first kappa shape index (κ1) is 15.9. The van der Waals surface area contributed by atoms with Crippen LogP contribution in [0.2, 0.25) is 0 Å². The Morgan fingerprint density at radius 1 is 1.08 bits per heavy atom. The van der Waals surface area contributed by atoms with Crippen LogP contribution in [0.5, 0.6) is 0 Å². The molecule has 2 aromatic rings. The summed E-state index contributed by atoms with van der Waals surface area (Å²) < 4.78 is 0. The minimum Gasteiger partial charge on any atom is -0.369 e. The van der Waals surface area contributed by atoms with Gasteiger partial charge in [0.25, 0.3) is 0 Å². The number of nitrogens with one attached hydrogen (secondary N) is 1. The van der Waals surface area contributed by atoms with Crippen molar-refractivity contribution in [2.45, 2.75) is 12.8 Å². The van der Waals surface area contributed by atoms with E-state index in [1.165, 1.54) is 25.1 Å². The molecule has 1 aliphatic carbocycles. The summed E-state index contributed by atoms with van der Waals surface area (Å²) in [4.78, 5) is 9.34. The third-order valence-corrected chi connectivity index (χ3v) is 4.93. The summed E-state index contributed by atoms with van der Waals surface area (Å²) in [5.74, 6) is 1.67. The minimum absolute atomic E-state index is 0.424. The van der Waals surface area contributed by atoms with E-state index in [4.69, 9.17) is 5.26 Å². The highest BCUT2D eigenvalue weighted by molar-refractivity contribution is 5.63. The van der Waals surface area contributed by atoms with Crippen LogP contribution in [-0.2, 0) is 0 Å². The van der Waals surface area contributed by atoms with E-state index in [9.17, 15) is 0 Å². The van der Waals surface area contributed by atoms with E-state index in [0.29, 0.717) is 11.5 Å². The Labute approximate surface area is 148 Å². The Hall–Kier alpha value is -2.58. The van der Waals surface area contributed by atoms with Crippen LogP contribution in [-0.4, -0.2) is 42.6 Å². The fourth-order valence-electron chi connectivity index (χ4n) is 3.35. The van der Waals surface area contributed by atoms with E-state index >= 15 is 0 Å². The van der Waals surface area contributed by atoms with Crippen molar-refractivity contribution in [1.82, 2.24) is 9.88 Å². The van der Waals surface area contributed by atoms with Crippen LogP contribution in [0.3, 0.4) is 0 Å². The number of piperazine rings is 1. The summed E-state index contributed by atoms with van der Waals surface area (Å²) in [5, 5.41) is 12.3. The second kappa shape index (κ2) is 7.12. The second-order valence-electron chi connectivity index (χ2n) is 6.93. The molecule has 1 N–H and O–H groups in total. The smallest absolute Gasteiger partial charge is 0.142 e. The van der Waals surface area contributed by atoms with Gasteiger partial charge in [-0.15, -0.1) is 0 Å². The van der Waals surface area contributed by atoms with E-state index in [0.717, 1.165) is 37.8 Å². The Kier molecular flexibility index (Phi) is 4.53. The molecule has 0 bridgehead atoms. The van der Waals surface area contributed by atoms with Crippen molar-refractivity contribution in [3.8, 4) is 6.07 Å². The molecule has 1 aromatic carbocycles. The van der Waals surface area contributed by atoms with Gasteiger partial charge in [-0.1, -0.05) is 12.1 Å². The van der Waals surface area contributed by atoms with Crippen molar-refractivity contribution in [3.05, 3.63) is 48.2 Å². The molecule has 0 spiro atoms. The van der Waals surface area contributed by atoms with Gasteiger partial charge in [0, 0.05) is 44.1 Å². The van der Waals surface area contributed by atoms with Gasteiger partial charge in [0.05, 0.1) is 0 Å². The second-order valence-corrected chi connectivity index (χ2v) is 6.93. The molecule has 0 amide bonds. The standard InChI is InChI=1S/C20H23N5/c21-14-18-4-2-6-20(23-18)22-17-3-1-5-19(13-17)25-11-9-24(10-12-25)15-16-7-8-16/h1-6,13,16H,7-12,15H2,(H,22,23). The van der Waals surface area contributed by atoms with Crippen molar-refractivity contribution >= 4 is 17.2 Å². The predicted octanol–water partition coefficient (Wildman–Crippen LogP) is 3.23. The molecule has 2 heterocycles. The van der Waals surface area contributed by atoms with E-state index < -0.39 is 0 Å². The van der Waals surface area contributed by atoms with Gasteiger partial charge in [-0.25, -0.2) is 4.98 Å². The summed E-state index contributed by atoms with van der Waals surface area (Å²) in [7, 11) is 0. The third kappa shape index (κ3) is 4.09. The summed E-state index contributed by atoms with van der Waals surface area (Å²) in [6, 6.07) is 15.9. The number of anilines is 3. The molecule has 128 valence electrons. The number of aromatic nitrogens is 1. The number of nitriles is 1. The third-order valence-electron chi connectivity index (χ3n) is 4.93. The van der Waals surface area contributed by atoms with Crippen LogP contribution in [0, 0.1) is 17.2 Å². The molecule has 4 rings (SSSR count). The maximum absolute atomic E-state index is 8.97. The van der Waals surface area contributed by atoms with Gasteiger partial charge in [-0.2, -0.15) is 5.26 Å². The molecule has 0 unspecified atom stereocenters. The van der Waals surface area contributed by atoms with Crippen LogP contribution >= 0.6 is 0 Å². The number of benzene rings is 1. The quantitative estimate of drug-likeness (QED) is 0.910. The van der Waals surface area contributed by atoms with E-state index in [-0.39, 0.29) is 0 Å². The molecule has 0 atom stereocenters. The number of rotatable bonds is 5. The molecular weight excluding hydrogens is 310 g/mol. The molecule has 1 saturated carbocycles. The fourth-order valence-corrected chi connectivity index (χ4v) is 3.35. The predicted molar refractivity (Wildman–Crippen MR) is 100 cm³/mol. The SMILES string of the molecule is N#Cc1cccc(Nc2cccc(N3CCN(CC4CC4)CC3)c2)n1. The number of hydrogen-bond acceptors (Lipinski definition) is 5. The number of pyridine rings is 1. The van der Waals surface area contributed by atoms with Crippen LogP contribution in [0.15, 0.2) is 42.5 Å². The molecule has 5 heteroatoms. The molecule has 5 nitrogen and oxygen atoms in total. The van der Waals surface area contributed by atoms with Crippen molar-refractivity contribution in [2.75, 3.05) is 42.9 Å². The van der Waals surface area contributed by atoms with Gasteiger partial charge < -0.3 is 10.2 Å². The summed E-state index contributed by atoms with van der Waals surface area (Å²) in [6.45, 7) is 5.76. The average Bonchev–Trinajstić information content (AvgIpc) is 3.47. The van der Waals surface area contributed by atoms with Crippen molar-refractivity contribution in [2.24, 2.45) is 5.92 Å². The van der Waals surface area contributed by atoms with Gasteiger partial charge in [0.2, 0.25) is 0 Å². The van der Waals surface area contributed by atoms with Crippen LogP contribution < -0.4 is 10.2 Å². The zero-order chi connectivity index (χ0) is 17.1. The van der Waals surface area contributed by atoms with Gasteiger partial charge >= 0.3 is 0 Å². The number of hydrogen-bond donors (Lipinski definition) is 1. The summed E-state index contributed by atoms with van der Waals surface area (Å²) in [6.07, 6.45) is 2.85. The summed E-state index contributed by atoms with van der Waals surface area (Å²) in [5.41, 5.74) is 2.67. The molecule has 1 aliphatic heterocycles. The topological polar surface area (TPSA) is 55.2 Å². The molecule has 1 saturated heterocycles. The maximum Gasteiger partial charge on any atom is 0.142 e. The van der Waals surface area contributed by atoms with Gasteiger partial charge in [0.15, 0.2) is 0 Å². The lowest BCUT2D eigenvalue weighted by Crippen LogP contribution is -2.47. The zero-order valence-corrected chi connectivity index (χ0v) is 14.4. The van der Waals surface area contributed by atoms with Crippen LogP contribution in [0.25, 0.3) is 0 Å². The Morgan fingerprint density at radius 2 is 1.88 bits per heavy atom. The minimum atomic E-state index is 0.424. The highest BCUT2D eigenvalue weighted by atomic mass is 15.3. The molecule has 2 aliphatic rings. The van der Waals surface area contributed by atoms with Gasteiger partial charge in [-0.3, -0.25) is 4.90 Å². The zero-order valence-electron chi connectivity index (χ0n) is 14.4. The lowest BCUT2D eigenvalue weighted by Gasteiger charge is -2.36. The van der Waals surface area contributed by atoms with E-state index in [1.807, 2.05) is 18.2 Å². The van der Waals surface area contributed by atoms with Gasteiger partial charge in [-0.05, 0) is 49.1 Å². The van der Waals surface area contributed by atoms with Crippen molar-refractivity contribution in [1.29, 1.82) is 5.26 Å². The lowest BCUT2D eigenvalue weighted by molar-refractivity contribution is 0.248. The van der Waals surface area contributed by atoms with Crippen molar-refractivity contribution < 1.29 is 0 Å². The van der Waals surface area contributed by atoms with Crippen LogP contribution in [0.4, 0.5) is 17.2 Å². The summed E-state index contributed by atoms with van der Waals surface area (Å²) >= 11 is 0. The monoisotopic (exact) mass is 333 g/mol.